The van der Waals surface area contributed by atoms with E-state index in [2.05, 4.69) is 5.32 Å². The van der Waals surface area contributed by atoms with E-state index in [1.54, 1.807) is 41.5 Å². The van der Waals surface area contributed by atoms with E-state index in [4.69, 9.17) is 28.4 Å². The van der Waals surface area contributed by atoms with Gasteiger partial charge in [0.05, 0.1) is 47.6 Å². The van der Waals surface area contributed by atoms with E-state index in [1.807, 2.05) is 39.8 Å². The van der Waals surface area contributed by atoms with Gasteiger partial charge in [0.25, 0.3) is 0 Å². The third-order valence-electron chi connectivity index (χ3n) is 11.7. The summed E-state index contributed by atoms with van der Waals surface area (Å²) in [7, 11) is 5.26. The Bertz CT molecular complexity index is 1110. The maximum Gasteiger partial charge on any atom is 0.311 e. The number of hydrogen-bond acceptors (Lipinski definition) is 14. The number of methoxy groups -OCH3 is 1. The van der Waals surface area contributed by atoms with Gasteiger partial charge in [0.15, 0.2) is 12.6 Å². The first-order valence-electron chi connectivity index (χ1n) is 18.8. The second-order valence-electron chi connectivity index (χ2n) is 16.7. The topological polar surface area (TPSA) is 189 Å². The predicted molar refractivity (Wildman–Crippen MR) is 190 cm³/mol. The predicted octanol–water partition coefficient (Wildman–Crippen LogP) is 1.56. The summed E-state index contributed by atoms with van der Waals surface area (Å²) in [6.45, 7) is 17.7. The number of carbonyl (C=O) groups is 1. The SMILES string of the molecule is CC[C@H]1OC(=O)[C@H](C)[C@@H](O[C@H]2C[C@@](C)(OC)[C@@H](O)[C@H](C)O2)[C@@H](C)[C@@H](O[C@@H]2O[C@H](C)C[C@H](N(C)C)[C@H]2O)[C@](C)(O)C[C@@H](C)NC[C@H](C)[C@@H](O)[C@]1(C)O. The van der Waals surface area contributed by atoms with Gasteiger partial charge in [0.2, 0.25) is 0 Å². The number of esters is 1. The molecule has 0 saturated carbocycles. The number of cyclic esters (lactones) is 1. The van der Waals surface area contributed by atoms with Crippen molar-refractivity contribution in [3.63, 3.8) is 0 Å². The van der Waals surface area contributed by atoms with Crippen LogP contribution in [0, 0.1) is 17.8 Å². The molecule has 0 aliphatic carbocycles. The van der Waals surface area contributed by atoms with E-state index in [0.29, 0.717) is 13.0 Å². The highest BCUT2D eigenvalue weighted by molar-refractivity contribution is 5.73. The first kappa shape index (κ1) is 44.4. The Labute approximate surface area is 305 Å². The molecule has 0 aromatic rings. The minimum atomic E-state index is -1.78. The zero-order valence-corrected chi connectivity index (χ0v) is 33.2. The van der Waals surface area contributed by atoms with Crippen LogP contribution in [0.25, 0.3) is 0 Å². The molecule has 3 rings (SSSR count). The summed E-state index contributed by atoms with van der Waals surface area (Å²) in [6.07, 6.45) is -8.23. The number of likely N-dealkylation sites (N-methyl/N-ethyl adjacent to an activating group) is 1. The van der Waals surface area contributed by atoms with Crippen LogP contribution >= 0.6 is 0 Å². The Balaban J connectivity index is 2.15. The molecule has 0 radical (unpaired) electrons. The van der Waals surface area contributed by atoms with E-state index < -0.39 is 95.8 Å². The van der Waals surface area contributed by atoms with Gasteiger partial charge in [-0.3, -0.25) is 4.79 Å². The van der Waals surface area contributed by atoms with Crippen LogP contribution in [0.1, 0.15) is 94.9 Å². The van der Waals surface area contributed by atoms with Gasteiger partial charge >= 0.3 is 5.97 Å². The van der Waals surface area contributed by atoms with Crippen molar-refractivity contribution in [2.24, 2.45) is 17.8 Å². The third-order valence-corrected chi connectivity index (χ3v) is 11.7. The largest absolute Gasteiger partial charge is 0.459 e. The van der Waals surface area contributed by atoms with Crippen molar-refractivity contribution >= 4 is 5.97 Å². The van der Waals surface area contributed by atoms with Crippen LogP contribution in [0.5, 0.6) is 0 Å². The van der Waals surface area contributed by atoms with Crippen LogP contribution in [-0.2, 0) is 33.2 Å². The molecule has 0 amide bonds. The Morgan fingerprint density at radius 3 is 2.14 bits per heavy atom. The van der Waals surface area contributed by atoms with Crippen LogP contribution < -0.4 is 5.32 Å². The van der Waals surface area contributed by atoms with Crippen molar-refractivity contribution in [2.45, 2.75) is 185 Å². The summed E-state index contributed by atoms with van der Waals surface area (Å²) in [5.74, 6) is -2.90. The summed E-state index contributed by atoms with van der Waals surface area (Å²) in [6, 6.07) is -0.568. The molecule has 0 aromatic carbocycles. The quantitative estimate of drug-likeness (QED) is 0.207. The molecule has 6 N–H and O–H groups in total. The fraction of sp³-hybridized carbons (Fsp3) is 0.973. The van der Waals surface area contributed by atoms with Gasteiger partial charge in [-0.2, -0.15) is 0 Å². The smallest absolute Gasteiger partial charge is 0.311 e. The van der Waals surface area contributed by atoms with Crippen LogP contribution in [-0.4, -0.2) is 154 Å². The minimum absolute atomic E-state index is 0.131. The lowest BCUT2D eigenvalue weighted by atomic mass is 9.78. The van der Waals surface area contributed by atoms with Gasteiger partial charge < -0.3 is 64.2 Å². The standard InChI is InChI=1S/C37H70N2O12/c1-14-26-37(10,45)30(41)19(2)18-38-20(3)16-35(8,44)32(51-34-28(40)25(39(11)12)15-21(4)47-34)22(5)29(23(6)33(43)49-26)50-27-17-36(9,46-13)31(42)24(7)48-27/h19-32,34,38,40-42,44-45H,14-18H2,1-13H3/t19-,20+,21+,22+,23+,24-,25-,26+,27-,28+,29-,30+,31-,32+,34-,35+,36+,37+/m0/s1. The molecule has 300 valence electrons. The van der Waals surface area contributed by atoms with Gasteiger partial charge in [-0.15, -0.1) is 0 Å². The van der Waals surface area contributed by atoms with Gasteiger partial charge in [0.1, 0.15) is 23.9 Å². The Kier molecular flexibility index (Phi) is 15.3. The van der Waals surface area contributed by atoms with Crippen LogP contribution in [0.4, 0.5) is 0 Å². The van der Waals surface area contributed by atoms with Crippen molar-refractivity contribution < 1.29 is 58.7 Å². The second-order valence-corrected chi connectivity index (χ2v) is 16.7. The molecule has 0 spiro atoms. The van der Waals surface area contributed by atoms with Gasteiger partial charge in [-0.05, 0) is 87.7 Å². The Hall–Kier alpha value is -1.01. The van der Waals surface area contributed by atoms with Crippen LogP contribution in [0.15, 0.2) is 0 Å². The molecule has 3 saturated heterocycles. The molecule has 0 aromatic heterocycles. The van der Waals surface area contributed by atoms with E-state index >= 15 is 0 Å². The molecule has 0 bridgehead atoms. The molecule has 3 aliphatic heterocycles. The van der Waals surface area contributed by atoms with E-state index in [0.717, 1.165) is 0 Å². The number of aliphatic hydroxyl groups is 5. The maximum absolute atomic E-state index is 14.1. The van der Waals surface area contributed by atoms with Crippen molar-refractivity contribution in [3.05, 3.63) is 0 Å². The van der Waals surface area contributed by atoms with E-state index in [-0.39, 0.29) is 37.5 Å². The lowest BCUT2D eigenvalue weighted by Crippen LogP contribution is -2.60. The average Bonchev–Trinajstić information content (AvgIpc) is 3.05. The maximum atomic E-state index is 14.1. The molecule has 51 heavy (non-hydrogen) atoms. The highest BCUT2D eigenvalue weighted by Crippen LogP contribution is 2.39. The molecule has 3 fully saturated rings. The summed E-state index contributed by atoms with van der Waals surface area (Å²) < 4.78 is 37.4. The van der Waals surface area contributed by atoms with Crippen molar-refractivity contribution in [2.75, 3.05) is 27.7 Å². The fourth-order valence-electron chi connectivity index (χ4n) is 8.35. The molecule has 3 heterocycles. The number of aliphatic hydroxyl groups excluding tert-OH is 3. The number of ether oxygens (including phenoxy) is 6. The van der Waals surface area contributed by atoms with Gasteiger partial charge in [-0.25, -0.2) is 0 Å². The summed E-state index contributed by atoms with van der Waals surface area (Å²) in [5.41, 5.74) is -4.38. The summed E-state index contributed by atoms with van der Waals surface area (Å²) >= 11 is 0. The number of nitrogens with one attached hydrogen (secondary N) is 1. The van der Waals surface area contributed by atoms with E-state index in [1.165, 1.54) is 14.0 Å². The Morgan fingerprint density at radius 2 is 1.57 bits per heavy atom. The van der Waals surface area contributed by atoms with Crippen molar-refractivity contribution in [1.82, 2.24) is 10.2 Å². The van der Waals surface area contributed by atoms with E-state index in [9.17, 15) is 30.3 Å². The molecular weight excluding hydrogens is 664 g/mol. The zero-order chi connectivity index (χ0) is 38.8. The van der Waals surface area contributed by atoms with Crippen molar-refractivity contribution in [3.8, 4) is 0 Å². The molecule has 14 nitrogen and oxygen atoms in total. The Morgan fingerprint density at radius 1 is 0.941 bits per heavy atom. The van der Waals surface area contributed by atoms with Gasteiger partial charge in [0, 0.05) is 38.1 Å². The highest BCUT2D eigenvalue weighted by Gasteiger charge is 2.52. The first-order chi connectivity index (χ1) is 23.5. The van der Waals surface area contributed by atoms with Crippen molar-refractivity contribution in [1.29, 1.82) is 0 Å². The minimum Gasteiger partial charge on any atom is -0.459 e. The number of nitrogens with zero attached hydrogens (tertiary/aromatic N) is 1. The average molecular weight is 735 g/mol. The van der Waals surface area contributed by atoms with Crippen LogP contribution in [0.3, 0.4) is 0 Å². The molecule has 3 aliphatic rings. The highest BCUT2D eigenvalue weighted by atomic mass is 16.7. The fourth-order valence-corrected chi connectivity index (χ4v) is 8.35. The number of rotatable bonds is 7. The molecule has 0 unspecified atom stereocenters. The third kappa shape index (κ3) is 10.2. The lowest BCUT2D eigenvalue weighted by molar-refractivity contribution is -0.317. The zero-order valence-electron chi connectivity index (χ0n) is 33.2. The molecule has 14 heteroatoms. The summed E-state index contributed by atoms with van der Waals surface area (Å²) in [4.78, 5) is 16.1. The summed E-state index contributed by atoms with van der Waals surface area (Å²) in [5, 5.41) is 61.1. The second kappa shape index (κ2) is 17.6. The molecule has 18 atom stereocenters. The number of carbonyl (C=O) groups excluding carboxylic acids is 1. The normalized spacial score (nSPS) is 49.9. The number of hydrogen-bond donors (Lipinski definition) is 6. The monoisotopic (exact) mass is 734 g/mol. The first-order valence-corrected chi connectivity index (χ1v) is 18.8. The van der Waals surface area contributed by atoms with Gasteiger partial charge in [-0.1, -0.05) is 20.8 Å². The lowest BCUT2D eigenvalue weighted by Gasteiger charge is -2.48. The van der Waals surface area contributed by atoms with Crippen LogP contribution in [0.2, 0.25) is 0 Å². The molecular formula is C37H70N2O12.